The van der Waals surface area contributed by atoms with Gasteiger partial charge in [0.25, 0.3) is 5.69 Å². The maximum Gasteiger partial charge on any atom is 0.292 e. The second-order valence-electron chi connectivity index (χ2n) is 4.68. The molecule has 0 bridgehead atoms. The van der Waals surface area contributed by atoms with Crippen LogP contribution in [0.2, 0.25) is 0 Å². The van der Waals surface area contributed by atoms with Gasteiger partial charge in [-0.2, -0.15) is 0 Å². The van der Waals surface area contributed by atoms with Gasteiger partial charge in [0.2, 0.25) is 0 Å². The van der Waals surface area contributed by atoms with Crippen LogP contribution < -0.4 is 11.1 Å². The van der Waals surface area contributed by atoms with Gasteiger partial charge >= 0.3 is 0 Å². The summed E-state index contributed by atoms with van der Waals surface area (Å²) in [7, 11) is -2.88. The lowest BCUT2D eigenvalue weighted by Crippen LogP contribution is -2.15. The lowest BCUT2D eigenvalue weighted by atomic mass is 10.1. The van der Waals surface area contributed by atoms with E-state index in [1.54, 1.807) is 6.07 Å². The number of nitrogens with two attached hydrogens (primary N) is 1. The Morgan fingerprint density at radius 3 is 2.74 bits per heavy atom. The highest BCUT2D eigenvalue weighted by Crippen LogP contribution is 2.25. The Labute approximate surface area is 110 Å². The zero-order valence-corrected chi connectivity index (χ0v) is 11.0. The number of benzene rings is 1. The summed E-state index contributed by atoms with van der Waals surface area (Å²) < 4.78 is 22.6. The lowest BCUT2D eigenvalue weighted by Gasteiger charge is -2.11. The van der Waals surface area contributed by atoms with Crippen molar-refractivity contribution >= 4 is 26.9 Å². The molecule has 1 saturated heterocycles. The number of rotatable bonds is 4. The standard InChI is InChI=1S/C11H15N3O4S/c12-10-5-9(1-2-11(10)14(15)16)13-6-8-3-4-19(17,18)7-8/h1-2,5,8,13H,3-4,6-7,12H2. The Hall–Kier alpha value is -1.83. The van der Waals surface area contributed by atoms with E-state index in [-0.39, 0.29) is 28.8 Å². The predicted octanol–water partition coefficient (Wildman–Crippen LogP) is 1.02. The van der Waals surface area contributed by atoms with Crippen LogP contribution >= 0.6 is 0 Å². The average Bonchev–Trinajstić information content (AvgIpc) is 2.66. The summed E-state index contributed by atoms with van der Waals surface area (Å²) in [5, 5.41) is 13.7. The van der Waals surface area contributed by atoms with Gasteiger partial charge in [0.15, 0.2) is 9.84 Å². The third-order valence-electron chi connectivity index (χ3n) is 3.15. The Balaban J connectivity index is 1.97. The first-order valence-electron chi connectivity index (χ1n) is 5.85. The summed E-state index contributed by atoms with van der Waals surface area (Å²) in [5.74, 6) is 0.519. The maximum absolute atomic E-state index is 11.3. The van der Waals surface area contributed by atoms with E-state index >= 15 is 0 Å². The molecule has 1 atom stereocenters. The predicted molar refractivity (Wildman–Crippen MR) is 72.8 cm³/mol. The second-order valence-corrected chi connectivity index (χ2v) is 6.91. The van der Waals surface area contributed by atoms with Gasteiger partial charge < -0.3 is 11.1 Å². The quantitative estimate of drug-likeness (QED) is 0.485. The van der Waals surface area contributed by atoms with Gasteiger partial charge in [-0.3, -0.25) is 10.1 Å². The molecule has 2 rings (SSSR count). The van der Waals surface area contributed by atoms with Gasteiger partial charge in [-0.15, -0.1) is 0 Å². The Morgan fingerprint density at radius 2 is 2.21 bits per heavy atom. The normalized spacial score (nSPS) is 21.2. The number of hydrogen-bond donors (Lipinski definition) is 2. The first-order chi connectivity index (χ1) is 8.87. The monoisotopic (exact) mass is 285 g/mol. The molecule has 104 valence electrons. The van der Waals surface area contributed by atoms with Crippen LogP contribution in [-0.2, 0) is 9.84 Å². The van der Waals surface area contributed by atoms with E-state index in [1.165, 1.54) is 12.1 Å². The minimum Gasteiger partial charge on any atom is -0.393 e. The number of nitrogen functional groups attached to an aromatic ring is 1. The highest BCUT2D eigenvalue weighted by atomic mass is 32.2. The Morgan fingerprint density at radius 1 is 1.47 bits per heavy atom. The molecule has 0 aromatic heterocycles. The van der Waals surface area contributed by atoms with Crippen LogP contribution in [0.4, 0.5) is 17.1 Å². The molecule has 0 spiro atoms. The number of nitrogens with zero attached hydrogens (tertiary/aromatic N) is 1. The molecule has 0 saturated carbocycles. The lowest BCUT2D eigenvalue weighted by molar-refractivity contribution is -0.383. The van der Waals surface area contributed by atoms with E-state index in [4.69, 9.17) is 5.73 Å². The van der Waals surface area contributed by atoms with Crippen molar-refractivity contribution < 1.29 is 13.3 Å². The number of nitro groups is 1. The molecule has 1 aromatic rings. The van der Waals surface area contributed by atoms with Crippen molar-refractivity contribution in [1.29, 1.82) is 0 Å². The van der Waals surface area contributed by atoms with Crippen LogP contribution in [0.3, 0.4) is 0 Å². The van der Waals surface area contributed by atoms with Gasteiger partial charge in [0.1, 0.15) is 5.69 Å². The van der Waals surface area contributed by atoms with E-state index < -0.39 is 14.8 Å². The maximum atomic E-state index is 11.3. The summed E-state index contributed by atoms with van der Waals surface area (Å²) in [4.78, 5) is 10.1. The van der Waals surface area contributed by atoms with Crippen molar-refractivity contribution in [2.45, 2.75) is 6.42 Å². The third kappa shape index (κ3) is 3.34. The number of hydrogen-bond acceptors (Lipinski definition) is 6. The summed E-state index contributed by atoms with van der Waals surface area (Å²) in [6, 6.07) is 4.39. The van der Waals surface area contributed by atoms with Gasteiger partial charge in [0.05, 0.1) is 16.4 Å². The van der Waals surface area contributed by atoms with E-state index in [0.717, 1.165) is 0 Å². The summed E-state index contributed by atoms with van der Waals surface area (Å²) in [5.41, 5.74) is 6.19. The van der Waals surface area contributed by atoms with Gasteiger partial charge in [0, 0.05) is 18.3 Å². The van der Waals surface area contributed by atoms with Crippen molar-refractivity contribution in [3.05, 3.63) is 28.3 Å². The van der Waals surface area contributed by atoms with Crippen molar-refractivity contribution in [3.8, 4) is 0 Å². The van der Waals surface area contributed by atoms with Crippen molar-refractivity contribution in [1.82, 2.24) is 0 Å². The van der Waals surface area contributed by atoms with Crippen molar-refractivity contribution in [2.75, 3.05) is 29.1 Å². The zero-order valence-electron chi connectivity index (χ0n) is 10.2. The number of anilines is 2. The molecule has 1 aliphatic heterocycles. The summed E-state index contributed by atoms with van der Waals surface area (Å²) in [6.45, 7) is 0.524. The molecule has 1 unspecified atom stereocenters. The fraction of sp³-hybridized carbons (Fsp3) is 0.455. The molecule has 0 aliphatic carbocycles. The van der Waals surface area contributed by atoms with Crippen LogP contribution in [0, 0.1) is 16.0 Å². The largest absolute Gasteiger partial charge is 0.393 e. The average molecular weight is 285 g/mol. The van der Waals surface area contributed by atoms with Crippen molar-refractivity contribution in [3.63, 3.8) is 0 Å². The molecule has 3 N–H and O–H groups in total. The second kappa shape index (κ2) is 5.04. The fourth-order valence-corrected chi connectivity index (χ4v) is 3.99. The molecule has 1 heterocycles. The molecule has 0 amide bonds. The zero-order chi connectivity index (χ0) is 14.0. The van der Waals surface area contributed by atoms with E-state index in [1.807, 2.05) is 0 Å². The highest BCUT2D eigenvalue weighted by molar-refractivity contribution is 7.91. The van der Waals surface area contributed by atoms with E-state index in [2.05, 4.69) is 5.32 Å². The molecule has 1 fully saturated rings. The molecule has 1 aromatic carbocycles. The molecular formula is C11H15N3O4S. The summed E-state index contributed by atoms with van der Waals surface area (Å²) >= 11 is 0. The molecule has 7 nitrogen and oxygen atoms in total. The van der Waals surface area contributed by atoms with Gasteiger partial charge in [-0.1, -0.05) is 0 Å². The minimum atomic E-state index is -2.88. The molecule has 0 radical (unpaired) electrons. The first kappa shape index (κ1) is 13.6. The highest BCUT2D eigenvalue weighted by Gasteiger charge is 2.27. The van der Waals surface area contributed by atoms with Crippen LogP contribution in [0.5, 0.6) is 0 Å². The number of nitro benzene ring substituents is 1. The Kier molecular flexibility index (Phi) is 3.61. The van der Waals surface area contributed by atoms with E-state index in [9.17, 15) is 18.5 Å². The fourth-order valence-electron chi connectivity index (χ4n) is 2.13. The van der Waals surface area contributed by atoms with Crippen molar-refractivity contribution in [2.24, 2.45) is 5.92 Å². The molecular weight excluding hydrogens is 270 g/mol. The molecule has 1 aliphatic rings. The first-order valence-corrected chi connectivity index (χ1v) is 7.68. The number of sulfone groups is 1. The van der Waals surface area contributed by atoms with Crippen LogP contribution in [0.25, 0.3) is 0 Å². The minimum absolute atomic E-state index is 0.0846. The van der Waals surface area contributed by atoms with E-state index in [0.29, 0.717) is 18.7 Å². The molecule has 19 heavy (non-hydrogen) atoms. The summed E-state index contributed by atoms with van der Waals surface area (Å²) in [6.07, 6.45) is 0.651. The smallest absolute Gasteiger partial charge is 0.292 e. The van der Waals surface area contributed by atoms with Gasteiger partial charge in [-0.05, 0) is 24.5 Å². The number of nitrogens with one attached hydrogen (secondary N) is 1. The SMILES string of the molecule is Nc1cc(NCC2CCS(=O)(=O)C2)ccc1[N+](=O)[O-]. The van der Waals surface area contributed by atoms with Crippen LogP contribution in [0.15, 0.2) is 18.2 Å². The van der Waals surface area contributed by atoms with Crippen LogP contribution in [-0.4, -0.2) is 31.4 Å². The third-order valence-corrected chi connectivity index (χ3v) is 4.98. The topological polar surface area (TPSA) is 115 Å². The Bertz CT molecular complexity index is 600. The van der Waals surface area contributed by atoms with Gasteiger partial charge in [-0.25, -0.2) is 8.42 Å². The molecule has 8 heteroatoms. The van der Waals surface area contributed by atoms with Crippen LogP contribution in [0.1, 0.15) is 6.42 Å².